The zero-order chi connectivity index (χ0) is 58.4. The largest absolute Gasteiger partial charge is 0.311 e. The maximum atomic E-state index is 2.77. The number of para-hydroxylation sites is 2. The molecule has 16 rings (SSSR count). The van der Waals surface area contributed by atoms with Crippen molar-refractivity contribution in [1.29, 1.82) is 0 Å². The lowest BCUT2D eigenvalue weighted by molar-refractivity contribution is 0.188. The average molecular weight is 1120 g/mol. The van der Waals surface area contributed by atoms with Gasteiger partial charge in [0.15, 0.2) is 0 Å². The van der Waals surface area contributed by atoms with Crippen LogP contribution in [0, 0.1) is 6.92 Å². The summed E-state index contributed by atoms with van der Waals surface area (Å²) in [7, 11) is 0. The Balaban J connectivity index is 1.05. The molecule has 424 valence electrons. The van der Waals surface area contributed by atoms with E-state index >= 15 is 0 Å². The number of rotatable bonds is 6. The number of thiophene rings is 1. The van der Waals surface area contributed by atoms with Gasteiger partial charge in [-0.25, -0.2) is 0 Å². The Labute approximate surface area is 506 Å². The van der Waals surface area contributed by atoms with E-state index in [2.05, 4.69) is 281 Å². The summed E-state index contributed by atoms with van der Waals surface area (Å²) in [4.78, 5) is 7.91. The molecule has 9 aromatic rings. The van der Waals surface area contributed by atoms with E-state index in [1.54, 1.807) is 11.1 Å². The average Bonchev–Trinajstić information content (AvgIpc) is 1.31. The van der Waals surface area contributed by atoms with Gasteiger partial charge in [-0.05, 0) is 259 Å². The molecule has 0 spiro atoms. The first-order chi connectivity index (χ1) is 39.8. The molecule has 0 saturated heterocycles. The highest BCUT2D eigenvalue weighted by Gasteiger charge is 2.51. The van der Waals surface area contributed by atoms with E-state index in [1.165, 1.54) is 149 Å². The molecule has 0 atom stereocenters. The molecule has 0 radical (unpaired) electrons. The number of hydrogen-bond acceptors (Lipinski definition) is 4. The lowest BCUT2D eigenvalue weighted by Gasteiger charge is -2.52. The standard InChI is InChI=1S/C79H84BN3S/c1-49-41-59-61(77(11,12)36-35-75(59,7)8)47-65(49)83-66-44-52(73(2,3)4)27-32-64(66)80-70-57-46-62-63(79(14)39-37-78(62,13)38-40-79)48-69(57)84-72(70)82(56-30-31-58-60(45-56)76(9,10)34-33-74(58,5)6)67-42-51(43-68(83)71(67)80)50-25-28-55(29-26-50)81(53-21-17-15-18-22-53)54-23-19-16-20-24-54/h15-32,41-48H,33-40H2,1-14H3. The van der Waals surface area contributed by atoms with Crippen LogP contribution in [0.2, 0.25) is 0 Å². The van der Waals surface area contributed by atoms with Crippen LogP contribution in [-0.2, 0) is 37.9 Å². The quantitative estimate of drug-likeness (QED) is 0.154. The van der Waals surface area contributed by atoms with Gasteiger partial charge in [-0.2, -0.15) is 0 Å². The maximum absolute atomic E-state index is 2.77. The van der Waals surface area contributed by atoms with Crippen molar-refractivity contribution in [2.24, 2.45) is 0 Å². The second kappa shape index (κ2) is 18.1. The van der Waals surface area contributed by atoms with E-state index in [9.17, 15) is 0 Å². The monoisotopic (exact) mass is 1120 g/mol. The van der Waals surface area contributed by atoms with Crippen molar-refractivity contribution in [1.82, 2.24) is 0 Å². The van der Waals surface area contributed by atoms with E-state index in [1.807, 2.05) is 0 Å². The summed E-state index contributed by atoms with van der Waals surface area (Å²) in [5.41, 5.74) is 29.0. The van der Waals surface area contributed by atoms with Crippen LogP contribution in [0.3, 0.4) is 0 Å². The Bertz CT molecular complexity index is 4140. The normalized spacial score (nSPS) is 21.7. The lowest BCUT2D eigenvalue weighted by atomic mass is 9.33. The molecule has 0 amide bonds. The summed E-state index contributed by atoms with van der Waals surface area (Å²) in [6.07, 6.45) is 9.77. The van der Waals surface area contributed by atoms with Gasteiger partial charge >= 0.3 is 0 Å². The zero-order valence-electron chi connectivity index (χ0n) is 52.5. The summed E-state index contributed by atoms with van der Waals surface area (Å²) in [5.74, 6) is 0. The summed E-state index contributed by atoms with van der Waals surface area (Å²) in [5, 5.41) is 2.82. The molecule has 5 heteroatoms. The van der Waals surface area contributed by atoms with Crippen molar-refractivity contribution >= 4 is 95.0 Å². The van der Waals surface area contributed by atoms with E-state index in [4.69, 9.17) is 0 Å². The van der Waals surface area contributed by atoms with Crippen LogP contribution in [0.1, 0.15) is 186 Å². The maximum Gasteiger partial charge on any atom is 0.254 e. The highest BCUT2D eigenvalue weighted by Crippen LogP contribution is 2.60. The molecule has 2 bridgehead atoms. The Morgan fingerprint density at radius 3 is 1.54 bits per heavy atom. The number of aryl methyl sites for hydroxylation is 1. The minimum absolute atomic E-state index is 0.000488. The van der Waals surface area contributed by atoms with Gasteiger partial charge in [-0.3, -0.25) is 0 Å². The summed E-state index contributed by atoms with van der Waals surface area (Å²) in [6.45, 7) is 34.6. The van der Waals surface area contributed by atoms with Gasteiger partial charge in [0.25, 0.3) is 6.71 Å². The van der Waals surface area contributed by atoms with Gasteiger partial charge in [-0.1, -0.05) is 163 Å². The molecule has 2 aliphatic heterocycles. The molecule has 84 heavy (non-hydrogen) atoms. The molecule has 8 aromatic carbocycles. The van der Waals surface area contributed by atoms with Crippen LogP contribution in [0.5, 0.6) is 0 Å². The lowest BCUT2D eigenvalue weighted by Crippen LogP contribution is -2.61. The Morgan fingerprint density at radius 2 is 0.952 bits per heavy atom. The molecule has 7 aliphatic rings. The van der Waals surface area contributed by atoms with Crippen molar-refractivity contribution in [2.75, 3.05) is 14.7 Å². The van der Waals surface area contributed by atoms with Crippen LogP contribution in [0.25, 0.3) is 21.2 Å². The van der Waals surface area contributed by atoms with Gasteiger partial charge in [0.1, 0.15) is 0 Å². The van der Waals surface area contributed by atoms with Crippen LogP contribution in [0.15, 0.2) is 158 Å². The third-order valence-electron chi connectivity index (χ3n) is 22.4. The number of hydrogen-bond donors (Lipinski definition) is 0. The van der Waals surface area contributed by atoms with Crippen molar-refractivity contribution in [3.63, 3.8) is 0 Å². The smallest absolute Gasteiger partial charge is 0.254 e. The van der Waals surface area contributed by atoms with Crippen LogP contribution < -0.4 is 31.1 Å². The van der Waals surface area contributed by atoms with Gasteiger partial charge < -0.3 is 14.7 Å². The second-order valence-electron chi connectivity index (χ2n) is 30.9. The molecule has 5 aliphatic carbocycles. The van der Waals surface area contributed by atoms with E-state index < -0.39 is 0 Å². The molecule has 3 heterocycles. The Hall–Kier alpha value is -6.82. The third-order valence-corrected chi connectivity index (χ3v) is 23.6. The van der Waals surface area contributed by atoms with Crippen LogP contribution >= 0.6 is 11.3 Å². The fourth-order valence-electron chi connectivity index (χ4n) is 16.7. The number of fused-ring (bicyclic) bond motifs is 10. The fourth-order valence-corrected chi connectivity index (χ4v) is 18.0. The minimum atomic E-state index is -0.0671. The first kappa shape index (κ1) is 53.9. The molecule has 1 aromatic heterocycles. The topological polar surface area (TPSA) is 9.72 Å². The highest BCUT2D eigenvalue weighted by atomic mass is 32.1. The molecule has 0 unspecified atom stereocenters. The fraction of sp³-hybridized carbons (Fsp3) is 0.367. The SMILES string of the molecule is Cc1cc2c(cc1N1c3cc(C(C)(C)C)ccc3B3c4c1cc(-c1ccc(N(c5ccccc5)c5ccccc5)cc1)cc4N(c1ccc4c(c1)C(C)(C)CCC4(C)C)c1sc4cc5c(cc4c13)C1(C)CCC5(C)CC1)C(C)(C)CCC2(C)C. The van der Waals surface area contributed by atoms with Crippen molar-refractivity contribution in [2.45, 2.75) is 186 Å². The molecule has 1 fully saturated rings. The second-order valence-corrected chi connectivity index (χ2v) is 31.9. The molecule has 1 saturated carbocycles. The van der Waals surface area contributed by atoms with Crippen LogP contribution in [-0.4, -0.2) is 6.71 Å². The van der Waals surface area contributed by atoms with Crippen molar-refractivity contribution in [3.05, 3.63) is 202 Å². The van der Waals surface area contributed by atoms with Crippen LogP contribution in [0.4, 0.5) is 50.5 Å². The van der Waals surface area contributed by atoms with Gasteiger partial charge in [0.05, 0.1) is 5.00 Å². The summed E-state index contributed by atoms with van der Waals surface area (Å²) >= 11 is 2.06. The molecule has 0 N–H and O–H groups in total. The van der Waals surface area contributed by atoms with E-state index in [0.29, 0.717) is 0 Å². The first-order valence-electron chi connectivity index (χ1n) is 31.7. The molecular formula is C79H84BN3S. The Kier molecular flexibility index (Phi) is 11.6. The number of anilines is 9. The van der Waals surface area contributed by atoms with Crippen molar-refractivity contribution in [3.8, 4) is 11.1 Å². The minimum Gasteiger partial charge on any atom is -0.311 e. The predicted molar refractivity (Wildman–Crippen MR) is 363 cm³/mol. The summed E-state index contributed by atoms with van der Waals surface area (Å²) < 4.78 is 1.43. The third kappa shape index (κ3) is 8.02. The molecular weight excluding hydrogens is 1030 g/mol. The molecule has 3 nitrogen and oxygen atoms in total. The summed E-state index contributed by atoms with van der Waals surface area (Å²) in [6, 6.07) is 62.3. The Morgan fingerprint density at radius 1 is 0.429 bits per heavy atom. The van der Waals surface area contributed by atoms with E-state index in [-0.39, 0.29) is 44.6 Å². The zero-order valence-corrected chi connectivity index (χ0v) is 53.3. The van der Waals surface area contributed by atoms with E-state index in [0.717, 1.165) is 23.5 Å². The van der Waals surface area contributed by atoms with Crippen molar-refractivity contribution < 1.29 is 0 Å². The van der Waals surface area contributed by atoms with Gasteiger partial charge in [0.2, 0.25) is 0 Å². The first-order valence-corrected chi connectivity index (χ1v) is 32.5. The highest BCUT2D eigenvalue weighted by molar-refractivity contribution is 7.26. The number of nitrogens with zero attached hydrogens (tertiary/aromatic N) is 3. The van der Waals surface area contributed by atoms with Gasteiger partial charge in [-0.15, -0.1) is 11.3 Å². The van der Waals surface area contributed by atoms with Gasteiger partial charge in [0, 0.05) is 50.2 Å². The predicted octanol–water partition coefficient (Wildman–Crippen LogP) is 20.5. The number of benzene rings is 8.